The van der Waals surface area contributed by atoms with Crippen molar-refractivity contribution in [3.8, 4) is 0 Å². The van der Waals surface area contributed by atoms with Gasteiger partial charge in [-0.05, 0) is 27.7 Å². The Kier molecular flexibility index (Phi) is 2.13. The summed E-state index contributed by atoms with van der Waals surface area (Å²) in [5, 5.41) is 7.65. The molecule has 0 aromatic carbocycles. The smallest absolute Gasteiger partial charge is 0.399 e. The first-order valence-electron chi connectivity index (χ1n) is 6.06. The minimum atomic E-state index is -0.325. The second-order valence-corrected chi connectivity index (χ2v) is 5.69. The number of anilines is 1. The van der Waals surface area contributed by atoms with Crippen molar-refractivity contribution in [3.05, 3.63) is 6.20 Å². The first-order valence-corrected chi connectivity index (χ1v) is 6.06. The molecule has 1 saturated heterocycles. The van der Waals surface area contributed by atoms with Crippen molar-refractivity contribution in [2.45, 2.75) is 45.4 Å². The molecule has 0 atom stereocenters. The molecule has 0 aliphatic carbocycles. The molecule has 0 radical (unpaired) electrons. The highest BCUT2D eigenvalue weighted by atomic mass is 16.7. The van der Waals surface area contributed by atoms with E-state index in [1.165, 1.54) is 0 Å². The van der Waals surface area contributed by atoms with Crippen LogP contribution in [0.4, 0.5) is 5.82 Å². The zero-order valence-corrected chi connectivity index (χ0v) is 10.8. The van der Waals surface area contributed by atoms with Crippen LogP contribution in [0, 0.1) is 0 Å². The Labute approximate surface area is 102 Å². The molecule has 92 valence electrons. The van der Waals surface area contributed by atoms with Gasteiger partial charge in [0.25, 0.3) is 0 Å². The molecule has 1 aromatic heterocycles. The highest BCUT2D eigenvalue weighted by Gasteiger charge is 2.53. The van der Waals surface area contributed by atoms with Crippen molar-refractivity contribution in [2.75, 3.05) is 11.9 Å². The first kappa shape index (κ1) is 11.1. The predicted octanol–water partition coefficient (Wildman–Crippen LogP) is 0.608. The van der Waals surface area contributed by atoms with Crippen LogP contribution in [0.3, 0.4) is 0 Å². The van der Waals surface area contributed by atoms with Gasteiger partial charge in [0.2, 0.25) is 0 Å². The van der Waals surface area contributed by atoms with Gasteiger partial charge in [0.1, 0.15) is 5.82 Å². The maximum Gasteiger partial charge on any atom is 0.500 e. The van der Waals surface area contributed by atoms with Crippen molar-refractivity contribution in [1.82, 2.24) is 9.78 Å². The van der Waals surface area contributed by atoms with Crippen molar-refractivity contribution >= 4 is 18.4 Å². The molecule has 0 amide bonds. The molecule has 0 bridgehead atoms. The van der Waals surface area contributed by atoms with Crippen LogP contribution < -0.4 is 10.8 Å². The normalized spacial score (nSPS) is 24.8. The molecule has 1 fully saturated rings. The van der Waals surface area contributed by atoms with Gasteiger partial charge < -0.3 is 14.6 Å². The van der Waals surface area contributed by atoms with Crippen LogP contribution in [0.15, 0.2) is 6.20 Å². The fourth-order valence-corrected chi connectivity index (χ4v) is 2.19. The largest absolute Gasteiger partial charge is 0.500 e. The lowest BCUT2D eigenvalue weighted by atomic mass is 9.81. The molecule has 0 saturated carbocycles. The van der Waals surface area contributed by atoms with Gasteiger partial charge in [-0.1, -0.05) is 0 Å². The van der Waals surface area contributed by atoms with Crippen LogP contribution in [-0.4, -0.2) is 34.6 Å². The summed E-state index contributed by atoms with van der Waals surface area (Å²) in [6, 6.07) is 0. The third-order valence-electron chi connectivity index (χ3n) is 3.99. The summed E-state index contributed by atoms with van der Waals surface area (Å²) in [6.45, 7) is 10.1. The van der Waals surface area contributed by atoms with Crippen LogP contribution in [0.2, 0.25) is 0 Å². The Morgan fingerprint density at radius 2 is 1.94 bits per heavy atom. The summed E-state index contributed by atoms with van der Waals surface area (Å²) >= 11 is 0. The zero-order chi connectivity index (χ0) is 12.3. The molecule has 0 unspecified atom stereocenters. The van der Waals surface area contributed by atoms with Gasteiger partial charge in [0.15, 0.2) is 0 Å². The lowest BCUT2D eigenvalue weighted by molar-refractivity contribution is 0.00578. The van der Waals surface area contributed by atoms with Crippen LogP contribution >= 0.6 is 0 Å². The number of nitrogens with one attached hydrogen (secondary N) is 1. The number of hydrogen-bond acceptors (Lipinski definition) is 4. The van der Waals surface area contributed by atoms with Gasteiger partial charge in [-0.2, -0.15) is 5.10 Å². The second kappa shape index (κ2) is 3.26. The Hall–Kier alpha value is -1.01. The van der Waals surface area contributed by atoms with Gasteiger partial charge in [-0.25, -0.2) is 4.68 Å². The molecule has 0 spiro atoms. The van der Waals surface area contributed by atoms with Gasteiger partial charge in [-0.15, -0.1) is 0 Å². The van der Waals surface area contributed by atoms with Gasteiger partial charge in [0.05, 0.1) is 23.9 Å². The zero-order valence-electron chi connectivity index (χ0n) is 10.8. The van der Waals surface area contributed by atoms with Crippen molar-refractivity contribution in [2.24, 2.45) is 0 Å². The average molecular weight is 235 g/mol. The summed E-state index contributed by atoms with van der Waals surface area (Å²) in [5.41, 5.74) is 0.400. The minimum Gasteiger partial charge on any atom is -0.399 e. The minimum absolute atomic E-state index is 0.301. The van der Waals surface area contributed by atoms with E-state index < -0.39 is 0 Å². The summed E-state index contributed by atoms with van der Waals surface area (Å²) < 4.78 is 14.0. The van der Waals surface area contributed by atoms with E-state index >= 15 is 0 Å². The first-order chi connectivity index (χ1) is 7.91. The van der Waals surface area contributed by atoms with Crippen molar-refractivity contribution < 1.29 is 9.31 Å². The number of rotatable bonds is 1. The van der Waals surface area contributed by atoms with Crippen molar-refractivity contribution in [3.63, 3.8) is 0 Å². The Morgan fingerprint density at radius 1 is 1.29 bits per heavy atom. The quantitative estimate of drug-likeness (QED) is 0.724. The van der Waals surface area contributed by atoms with Gasteiger partial charge in [-0.3, -0.25) is 0 Å². The highest BCUT2D eigenvalue weighted by Crippen LogP contribution is 2.37. The van der Waals surface area contributed by atoms with E-state index in [1.54, 1.807) is 0 Å². The molecule has 17 heavy (non-hydrogen) atoms. The molecular weight excluding hydrogens is 217 g/mol. The van der Waals surface area contributed by atoms with E-state index in [9.17, 15) is 0 Å². The summed E-state index contributed by atoms with van der Waals surface area (Å²) in [7, 11) is -0.325. The number of hydrogen-bond donors (Lipinski definition) is 1. The highest BCUT2D eigenvalue weighted by molar-refractivity contribution is 6.63. The van der Waals surface area contributed by atoms with E-state index in [-0.39, 0.29) is 18.3 Å². The third kappa shape index (κ3) is 1.51. The van der Waals surface area contributed by atoms with Crippen LogP contribution in [0.5, 0.6) is 0 Å². The lowest BCUT2D eigenvalue weighted by Crippen LogP contribution is -2.41. The Morgan fingerprint density at radius 3 is 2.59 bits per heavy atom. The van der Waals surface area contributed by atoms with E-state index in [0.29, 0.717) is 0 Å². The molecule has 6 heteroatoms. The van der Waals surface area contributed by atoms with E-state index in [2.05, 4.69) is 38.1 Å². The molecule has 2 aliphatic heterocycles. The van der Waals surface area contributed by atoms with E-state index in [1.807, 2.05) is 10.9 Å². The molecule has 2 aliphatic rings. The molecule has 1 aromatic rings. The third-order valence-corrected chi connectivity index (χ3v) is 3.99. The van der Waals surface area contributed by atoms with Gasteiger partial charge in [0, 0.05) is 12.0 Å². The summed E-state index contributed by atoms with van der Waals surface area (Å²) in [4.78, 5) is 0. The van der Waals surface area contributed by atoms with E-state index in [0.717, 1.165) is 24.4 Å². The molecule has 3 heterocycles. The van der Waals surface area contributed by atoms with Gasteiger partial charge >= 0.3 is 7.12 Å². The Bertz CT molecular complexity index is 440. The SMILES string of the molecule is CC1(C)OB(c2cnn3c2NCC3)OC1(C)C. The monoisotopic (exact) mass is 235 g/mol. The van der Waals surface area contributed by atoms with Crippen LogP contribution in [-0.2, 0) is 15.9 Å². The summed E-state index contributed by atoms with van der Waals surface area (Å²) in [5.74, 6) is 1.03. The summed E-state index contributed by atoms with van der Waals surface area (Å²) in [6.07, 6.45) is 1.84. The average Bonchev–Trinajstić information content (AvgIpc) is 2.78. The Balaban J connectivity index is 1.92. The second-order valence-electron chi connectivity index (χ2n) is 5.69. The van der Waals surface area contributed by atoms with Crippen LogP contribution in [0.25, 0.3) is 0 Å². The molecule has 1 N–H and O–H groups in total. The lowest BCUT2D eigenvalue weighted by Gasteiger charge is -2.32. The van der Waals surface area contributed by atoms with E-state index in [4.69, 9.17) is 9.31 Å². The topological polar surface area (TPSA) is 48.3 Å². The fourth-order valence-electron chi connectivity index (χ4n) is 2.19. The molecular formula is C11H18BN3O2. The number of fused-ring (bicyclic) bond motifs is 1. The molecule has 3 rings (SSSR count). The van der Waals surface area contributed by atoms with Crippen molar-refractivity contribution in [1.29, 1.82) is 0 Å². The fraction of sp³-hybridized carbons (Fsp3) is 0.727. The van der Waals surface area contributed by atoms with Crippen LogP contribution in [0.1, 0.15) is 27.7 Å². The molecule has 5 nitrogen and oxygen atoms in total. The number of nitrogens with zero attached hydrogens (tertiary/aromatic N) is 2. The standard InChI is InChI=1S/C11H18BN3O2/c1-10(2)11(3,4)17-12(16-10)8-7-14-15-6-5-13-9(8)15/h7,13H,5-6H2,1-4H3. The number of aromatic nitrogens is 2. The maximum absolute atomic E-state index is 6.02. The predicted molar refractivity (Wildman–Crippen MR) is 66.4 cm³/mol. The maximum atomic E-state index is 6.02.